The third kappa shape index (κ3) is 1.76. The Morgan fingerprint density at radius 3 is 2.63 bits per heavy atom. The van der Waals surface area contributed by atoms with Crippen molar-refractivity contribution in [3.8, 4) is 0 Å². The molecule has 1 aliphatic carbocycles. The summed E-state index contributed by atoms with van der Waals surface area (Å²) in [6.07, 6.45) is 6.28. The molecule has 19 heavy (non-hydrogen) atoms. The maximum Gasteiger partial charge on any atom is 0.0549 e. The second-order valence-electron chi connectivity index (χ2n) is 4.67. The molecule has 1 aromatic heterocycles. The van der Waals surface area contributed by atoms with Crippen LogP contribution in [0.2, 0.25) is 0 Å². The van der Waals surface area contributed by atoms with Gasteiger partial charge in [-0.1, -0.05) is 24.3 Å². The number of halogens is 1. The van der Waals surface area contributed by atoms with Crippen LogP contribution in [0.25, 0.3) is 33.8 Å². The standard InChI is InChI=1S/C17H10IN/c18-13-5-7-14-15-9-11-3-1-2-4-12(11)10-17(15)19-16(14)8-6-13/h1-4,6-10,19H. The van der Waals surface area contributed by atoms with Crippen molar-refractivity contribution in [1.29, 1.82) is 0 Å². The van der Waals surface area contributed by atoms with Crippen molar-refractivity contribution in [2.24, 2.45) is 0 Å². The molecule has 4 rings (SSSR count). The molecule has 0 bridgehead atoms. The van der Waals surface area contributed by atoms with Gasteiger partial charge >= 0.3 is 0 Å². The monoisotopic (exact) mass is 355 g/mol. The normalized spacial score (nSPS) is 13.6. The highest BCUT2D eigenvalue weighted by atomic mass is 127. The summed E-state index contributed by atoms with van der Waals surface area (Å²) >= 11 is 2.29. The summed E-state index contributed by atoms with van der Waals surface area (Å²) in [5.41, 5.74) is 6.86. The smallest absolute Gasteiger partial charge is 0.0549 e. The predicted molar refractivity (Wildman–Crippen MR) is 90.3 cm³/mol. The predicted octanol–water partition coefficient (Wildman–Crippen LogP) is 5.28. The summed E-state index contributed by atoms with van der Waals surface area (Å²) in [7, 11) is 0. The Balaban J connectivity index is 2.14. The molecular formula is C17H10IN. The minimum absolute atomic E-state index is 1.12. The molecule has 0 radical (unpaired) electrons. The second-order valence-corrected chi connectivity index (χ2v) is 5.83. The summed E-state index contributed by atoms with van der Waals surface area (Å²) < 4.78 is 1.12. The molecule has 1 aliphatic rings. The Morgan fingerprint density at radius 2 is 1.79 bits per heavy atom. The number of H-pyrrole nitrogens is 1. The number of allylic oxidation sites excluding steroid dienone is 2. The van der Waals surface area contributed by atoms with Crippen LogP contribution in [-0.2, 0) is 0 Å². The topological polar surface area (TPSA) is 15.8 Å². The van der Waals surface area contributed by atoms with E-state index in [0.29, 0.717) is 0 Å². The fourth-order valence-corrected chi connectivity index (χ4v) is 2.89. The number of aromatic nitrogens is 1. The van der Waals surface area contributed by atoms with Crippen LogP contribution in [0.5, 0.6) is 0 Å². The van der Waals surface area contributed by atoms with Gasteiger partial charge in [0.1, 0.15) is 0 Å². The fourth-order valence-electron chi connectivity index (χ4n) is 2.56. The third-order valence-electron chi connectivity index (χ3n) is 3.49. The average Bonchev–Trinajstić information content (AvgIpc) is 2.66. The van der Waals surface area contributed by atoms with Crippen molar-refractivity contribution in [3.05, 3.63) is 63.0 Å². The van der Waals surface area contributed by atoms with Crippen LogP contribution in [0.1, 0.15) is 11.3 Å². The van der Waals surface area contributed by atoms with E-state index in [1.54, 1.807) is 0 Å². The van der Waals surface area contributed by atoms with Crippen LogP contribution >= 0.6 is 22.6 Å². The van der Waals surface area contributed by atoms with Crippen molar-refractivity contribution in [2.45, 2.75) is 0 Å². The highest BCUT2D eigenvalue weighted by Crippen LogP contribution is 2.30. The lowest BCUT2D eigenvalue weighted by atomic mass is 10.1. The maximum absolute atomic E-state index is 3.49. The molecule has 0 unspecified atom stereocenters. The highest BCUT2D eigenvalue weighted by molar-refractivity contribution is 14.1. The minimum Gasteiger partial charge on any atom is -0.354 e. The Kier molecular flexibility index (Phi) is 2.40. The summed E-state index contributed by atoms with van der Waals surface area (Å²) in [6, 6.07) is 12.9. The molecule has 0 aliphatic heterocycles. The Morgan fingerprint density at radius 1 is 1.00 bits per heavy atom. The molecule has 0 saturated heterocycles. The van der Waals surface area contributed by atoms with Crippen LogP contribution in [0, 0.1) is 0 Å². The molecule has 0 atom stereocenters. The van der Waals surface area contributed by atoms with E-state index in [9.17, 15) is 0 Å². The van der Waals surface area contributed by atoms with E-state index in [1.165, 1.54) is 27.2 Å². The minimum atomic E-state index is 1.12. The van der Waals surface area contributed by atoms with Crippen LogP contribution in [0.15, 0.2) is 51.8 Å². The summed E-state index contributed by atoms with van der Waals surface area (Å²) in [4.78, 5) is 3.49. The maximum atomic E-state index is 3.49. The van der Waals surface area contributed by atoms with Gasteiger partial charge in [0.2, 0.25) is 0 Å². The van der Waals surface area contributed by atoms with Crippen molar-refractivity contribution < 1.29 is 0 Å². The third-order valence-corrected chi connectivity index (χ3v) is 4.16. The quantitative estimate of drug-likeness (QED) is 0.417. The first-order valence-electron chi connectivity index (χ1n) is 6.16. The van der Waals surface area contributed by atoms with E-state index in [2.05, 4.69) is 87.9 Å². The van der Waals surface area contributed by atoms with Gasteiger partial charge in [0.15, 0.2) is 0 Å². The van der Waals surface area contributed by atoms with Crippen molar-refractivity contribution in [1.82, 2.24) is 4.98 Å². The van der Waals surface area contributed by atoms with Gasteiger partial charge in [-0.05, 0) is 63.7 Å². The largest absolute Gasteiger partial charge is 0.354 e. The lowest BCUT2D eigenvalue weighted by molar-refractivity contribution is 1.43. The van der Waals surface area contributed by atoms with Crippen LogP contribution in [-0.4, -0.2) is 4.98 Å². The molecule has 1 heterocycles. The Labute approximate surface area is 124 Å². The molecule has 0 saturated carbocycles. The summed E-state index contributed by atoms with van der Waals surface area (Å²) in [6.45, 7) is 0. The van der Waals surface area contributed by atoms with Crippen LogP contribution in [0.3, 0.4) is 0 Å². The molecule has 0 amide bonds. The fraction of sp³-hybridized carbons (Fsp3) is 0. The van der Waals surface area contributed by atoms with Crippen molar-refractivity contribution in [3.63, 3.8) is 0 Å². The molecular weight excluding hydrogens is 345 g/mol. The van der Waals surface area contributed by atoms with E-state index in [1.807, 2.05) is 0 Å². The molecule has 90 valence electrons. The second kappa shape index (κ2) is 4.12. The number of aromatic amines is 1. The molecule has 2 heteroatoms. The SMILES string of the molecule is IC1=C=Cc2c([nH]c3cc4ccccc4cc23)C=C1. The summed E-state index contributed by atoms with van der Waals surface area (Å²) in [5, 5.41) is 3.80. The number of nitrogens with one attached hydrogen (secondary N) is 1. The van der Waals surface area contributed by atoms with Gasteiger partial charge in [0.25, 0.3) is 0 Å². The first kappa shape index (κ1) is 11.1. The number of hydrogen-bond acceptors (Lipinski definition) is 0. The number of benzene rings is 2. The van der Waals surface area contributed by atoms with E-state index < -0.39 is 0 Å². The Hall–Kier alpha value is -1.77. The lowest BCUT2D eigenvalue weighted by Gasteiger charge is -1.98. The van der Waals surface area contributed by atoms with E-state index in [4.69, 9.17) is 0 Å². The van der Waals surface area contributed by atoms with Crippen molar-refractivity contribution in [2.75, 3.05) is 0 Å². The van der Waals surface area contributed by atoms with Gasteiger partial charge < -0.3 is 4.98 Å². The first-order chi connectivity index (χ1) is 9.31. The van der Waals surface area contributed by atoms with Gasteiger partial charge in [-0.15, -0.1) is 5.73 Å². The molecule has 1 nitrogen and oxygen atoms in total. The number of fused-ring (bicyclic) bond motifs is 4. The number of hydrogen-bond donors (Lipinski definition) is 1. The van der Waals surface area contributed by atoms with Gasteiger partial charge in [-0.3, -0.25) is 0 Å². The zero-order chi connectivity index (χ0) is 12.8. The average molecular weight is 355 g/mol. The zero-order valence-electron chi connectivity index (χ0n) is 10.1. The van der Waals surface area contributed by atoms with Gasteiger partial charge in [0.05, 0.1) is 3.58 Å². The first-order valence-corrected chi connectivity index (χ1v) is 7.24. The van der Waals surface area contributed by atoms with E-state index in [-0.39, 0.29) is 0 Å². The van der Waals surface area contributed by atoms with E-state index in [0.717, 1.165) is 9.27 Å². The Bertz CT molecular complexity index is 906. The van der Waals surface area contributed by atoms with Gasteiger partial charge in [-0.2, -0.15) is 0 Å². The molecule has 1 N–H and O–H groups in total. The molecule has 2 aromatic carbocycles. The molecule has 0 fully saturated rings. The van der Waals surface area contributed by atoms with Gasteiger partial charge in [-0.25, -0.2) is 0 Å². The van der Waals surface area contributed by atoms with Crippen molar-refractivity contribution >= 4 is 56.4 Å². The zero-order valence-corrected chi connectivity index (χ0v) is 12.2. The summed E-state index contributed by atoms with van der Waals surface area (Å²) in [5.74, 6) is 0. The van der Waals surface area contributed by atoms with Crippen LogP contribution in [0.4, 0.5) is 0 Å². The lowest BCUT2D eigenvalue weighted by Crippen LogP contribution is -1.74. The van der Waals surface area contributed by atoms with Crippen LogP contribution < -0.4 is 0 Å². The molecule has 3 aromatic rings. The molecule has 0 spiro atoms. The van der Waals surface area contributed by atoms with E-state index >= 15 is 0 Å². The van der Waals surface area contributed by atoms with Gasteiger partial charge in [0, 0.05) is 22.2 Å². The number of rotatable bonds is 0. The highest BCUT2D eigenvalue weighted by Gasteiger charge is 2.09.